The summed E-state index contributed by atoms with van der Waals surface area (Å²) in [7, 11) is 0. The van der Waals surface area contributed by atoms with E-state index in [9.17, 15) is 13.2 Å². The van der Waals surface area contributed by atoms with Crippen molar-refractivity contribution in [3.8, 4) is 22.6 Å². The van der Waals surface area contributed by atoms with Gasteiger partial charge in [0.15, 0.2) is 0 Å². The third kappa shape index (κ3) is 4.91. The Bertz CT molecular complexity index is 880. The summed E-state index contributed by atoms with van der Waals surface area (Å²) in [5.74, 6) is 0.423. The highest BCUT2D eigenvalue weighted by Gasteiger charge is 2.31. The highest BCUT2D eigenvalue weighted by Crippen LogP contribution is 2.36. The van der Waals surface area contributed by atoms with E-state index >= 15 is 0 Å². The first-order valence-corrected chi connectivity index (χ1v) is 8.82. The molecule has 6 heteroatoms. The van der Waals surface area contributed by atoms with Crippen LogP contribution in [0.15, 0.2) is 72.8 Å². The Balaban J connectivity index is 1.85. The minimum atomic E-state index is -4.71. The van der Waals surface area contributed by atoms with Crippen LogP contribution in [0.3, 0.4) is 0 Å². The van der Waals surface area contributed by atoms with Gasteiger partial charge in [-0.3, -0.25) is 0 Å². The Labute approximate surface area is 162 Å². The first kappa shape index (κ1) is 18.6. The van der Waals surface area contributed by atoms with Gasteiger partial charge < -0.3 is 9.47 Å². The largest absolute Gasteiger partial charge is 0.573 e. The van der Waals surface area contributed by atoms with Crippen molar-refractivity contribution in [2.24, 2.45) is 0 Å². The van der Waals surface area contributed by atoms with Gasteiger partial charge in [-0.2, -0.15) is 0 Å². The van der Waals surface area contributed by atoms with Gasteiger partial charge in [0.1, 0.15) is 18.1 Å². The minimum absolute atomic E-state index is 0.242. The van der Waals surface area contributed by atoms with Crippen LogP contribution in [0.5, 0.6) is 11.5 Å². The maximum Gasteiger partial charge on any atom is 0.573 e. The highest BCUT2D eigenvalue weighted by atomic mass is 127. The zero-order valence-electron chi connectivity index (χ0n) is 13.5. The van der Waals surface area contributed by atoms with E-state index in [-0.39, 0.29) is 5.75 Å². The normalized spacial score (nSPS) is 11.2. The molecular formula is C20H14F3IO2. The predicted octanol–water partition coefficient (Wildman–Crippen LogP) is 6.44. The molecule has 0 saturated carbocycles. The number of halogens is 4. The molecular weight excluding hydrogens is 456 g/mol. The maximum atomic E-state index is 12.4. The van der Waals surface area contributed by atoms with E-state index in [0.29, 0.717) is 15.9 Å². The molecule has 2 nitrogen and oxygen atoms in total. The fourth-order valence-corrected chi connectivity index (χ4v) is 3.24. The Morgan fingerprint density at radius 3 is 2.19 bits per heavy atom. The maximum absolute atomic E-state index is 12.4. The van der Waals surface area contributed by atoms with Crippen LogP contribution in [0.4, 0.5) is 13.2 Å². The van der Waals surface area contributed by atoms with Crippen LogP contribution < -0.4 is 9.47 Å². The second kappa shape index (κ2) is 7.99. The molecule has 3 aromatic rings. The van der Waals surface area contributed by atoms with E-state index in [1.807, 2.05) is 77.2 Å². The topological polar surface area (TPSA) is 18.5 Å². The molecule has 0 radical (unpaired) electrons. The summed E-state index contributed by atoms with van der Waals surface area (Å²) in [5, 5.41) is 0. The van der Waals surface area contributed by atoms with Crippen molar-refractivity contribution in [3.05, 3.63) is 81.9 Å². The van der Waals surface area contributed by atoms with Gasteiger partial charge in [0, 0.05) is 9.13 Å². The summed E-state index contributed by atoms with van der Waals surface area (Å²) >= 11 is 1.99. The van der Waals surface area contributed by atoms with E-state index in [0.717, 1.165) is 16.7 Å². The lowest BCUT2D eigenvalue weighted by atomic mass is 10.0. The van der Waals surface area contributed by atoms with E-state index in [1.165, 1.54) is 12.1 Å². The second-order valence-electron chi connectivity index (χ2n) is 5.46. The van der Waals surface area contributed by atoms with Crippen molar-refractivity contribution in [2.45, 2.75) is 13.0 Å². The van der Waals surface area contributed by atoms with Crippen molar-refractivity contribution < 1.29 is 22.6 Å². The predicted molar refractivity (Wildman–Crippen MR) is 102 cm³/mol. The molecule has 134 valence electrons. The average molecular weight is 470 g/mol. The van der Waals surface area contributed by atoms with E-state index < -0.39 is 6.36 Å². The van der Waals surface area contributed by atoms with Crippen molar-refractivity contribution in [1.82, 2.24) is 0 Å². The first-order chi connectivity index (χ1) is 12.4. The molecule has 0 unspecified atom stereocenters. The Morgan fingerprint density at radius 1 is 0.808 bits per heavy atom. The fourth-order valence-electron chi connectivity index (χ4n) is 2.46. The molecule has 0 saturated heterocycles. The van der Waals surface area contributed by atoms with Gasteiger partial charge in [-0.1, -0.05) is 48.5 Å². The molecule has 3 aromatic carbocycles. The summed E-state index contributed by atoms with van der Waals surface area (Å²) < 4.78 is 47.7. The smallest absolute Gasteiger partial charge is 0.488 e. The van der Waals surface area contributed by atoms with Gasteiger partial charge in [-0.15, -0.1) is 13.2 Å². The van der Waals surface area contributed by atoms with Crippen LogP contribution in [-0.2, 0) is 6.61 Å². The van der Waals surface area contributed by atoms with Gasteiger partial charge in [0.2, 0.25) is 0 Å². The van der Waals surface area contributed by atoms with Crippen molar-refractivity contribution in [2.75, 3.05) is 0 Å². The molecule has 0 N–H and O–H groups in total. The number of alkyl halides is 3. The van der Waals surface area contributed by atoms with Crippen LogP contribution in [0.25, 0.3) is 11.1 Å². The lowest BCUT2D eigenvalue weighted by Crippen LogP contribution is -2.17. The van der Waals surface area contributed by atoms with Crippen LogP contribution in [-0.4, -0.2) is 6.36 Å². The quantitative estimate of drug-likeness (QED) is 0.400. The zero-order valence-corrected chi connectivity index (χ0v) is 15.6. The second-order valence-corrected chi connectivity index (χ2v) is 6.62. The third-order valence-corrected chi connectivity index (χ3v) is 4.48. The van der Waals surface area contributed by atoms with Crippen molar-refractivity contribution >= 4 is 22.6 Å². The summed E-state index contributed by atoms with van der Waals surface area (Å²) in [5.41, 5.74) is 2.63. The summed E-state index contributed by atoms with van der Waals surface area (Å²) in [6.07, 6.45) is -4.71. The molecule has 0 fully saturated rings. The molecule has 0 amide bonds. The number of rotatable bonds is 5. The standard InChI is InChI=1S/C20H14F3IO2/c21-20(22,23)26-15-10-11-16(18(24)12-15)17-8-4-5-9-19(17)25-13-14-6-2-1-3-7-14/h1-12H,13H2. The third-order valence-electron chi connectivity index (χ3n) is 3.59. The summed E-state index contributed by atoms with van der Waals surface area (Å²) in [6.45, 7) is 0.406. The monoisotopic (exact) mass is 470 g/mol. The van der Waals surface area contributed by atoms with Crippen LogP contribution >= 0.6 is 22.6 Å². The first-order valence-electron chi connectivity index (χ1n) is 7.74. The van der Waals surface area contributed by atoms with Crippen molar-refractivity contribution in [1.29, 1.82) is 0 Å². The van der Waals surface area contributed by atoms with Crippen LogP contribution in [0, 0.1) is 3.57 Å². The molecule has 0 spiro atoms. The number of hydrogen-bond acceptors (Lipinski definition) is 2. The highest BCUT2D eigenvalue weighted by molar-refractivity contribution is 14.1. The van der Waals surface area contributed by atoms with Gasteiger partial charge in [-0.25, -0.2) is 0 Å². The zero-order chi connectivity index (χ0) is 18.6. The molecule has 0 bridgehead atoms. The molecule has 0 aliphatic heterocycles. The molecule has 0 aliphatic carbocycles. The summed E-state index contributed by atoms with van der Waals surface area (Å²) in [6, 6.07) is 21.5. The van der Waals surface area contributed by atoms with Crippen LogP contribution in [0.2, 0.25) is 0 Å². The van der Waals surface area contributed by atoms with E-state index in [4.69, 9.17) is 4.74 Å². The molecule has 26 heavy (non-hydrogen) atoms. The number of hydrogen-bond donors (Lipinski definition) is 0. The van der Waals surface area contributed by atoms with E-state index in [2.05, 4.69) is 4.74 Å². The number of para-hydroxylation sites is 1. The van der Waals surface area contributed by atoms with Gasteiger partial charge in [0.25, 0.3) is 0 Å². The molecule has 0 aromatic heterocycles. The minimum Gasteiger partial charge on any atom is -0.488 e. The lowest BCUT2D eigenvalue weighted by Gasteiger charge is -2.14. The Kier molecular flexibility index (Phi) is 5.70. The SMILES string of the molecule is FC(F)(F)Oc1ccc(-c2ccccc2OCc2ccccc2)c(I)c1. The van der Waals surface area contributed by atoms with E-state index in [1.54, 1.807) is 6.07 Å². The molecule has 3 rings (SSSR count). The van der Waals surface area contributed by atoms with Crippen LogP contribution in [0.1, 0.15) is 5.56 Å². The van der Waals surface area contributed by atoms with Crippen molar-refractivity contribution in [3.63, 3.8) is 0 Å². The van der Waals surface area contributed by atoms with Gasteiger partial charge in [-0.05, 0) is 58.0 Å². The number of ether oxygens (including phenoxy) is 2. The molecule has 0 heterocycles. The average Bonchev–Trinajstić information content (AvgIpc) is 2.60. The molecule has 0 atom stereocenters. The Morgan fingerprint density at radius 2 is 1.50 bits per heavy atom. The Hall–Kier alpha value is -2.22. The van der Waals surface area contributed by atoms with Gasteiger partial charge in [0.05, 0.1) is 0 Å². The lowest BCUT2D eigenvalue weighted by molar-refractivity contribution is -0.274. The number of benzene rings is 3. The molecule has 0 aliphatic rings. The van der Waals surface area contributed by atoms with Gasteiger partial charge >= 0.3 is 6.36 Å². The summed E-state index contributed by atoms with van der Waals surface area (Å²) in [4.78, 5) is 0. The fraction of sp³-hybridized carbons (Fsp3) is 0.100.